The second kappa shape index (κ2) is 10.4. The van der Waals surface area contributed by atoms with Gasteiger partial charge in [-0.3, -0.25) is 0 Å². The molecule has 10 rings (SSSR count). The second-order valence-electron chi connectivity index (χ2n) is 12.8. The molecule has 3 heteroatoms. The Hall–Kier alpha value is -5.27. The van der Waals surface area contributed by atoms with Crippen molar-refractivity contribution in [1.82, 2.24) is 0 Å². The normalized spacial score (nSPS) is 16.3. The zero-order chi connectivity index (χ0) is 31.1. The van der Waals surface area contributed by atoms with Crippen molar-refractivity contribution in [3.05, 3.63) is 149 Å². The highest BCUT2D eigenvalue weighted by Gasteiger charge is 2.41. The summed E-state index contributed by atoms with van der Waals surface area (Å²) in [6.07, 6.45) is 6.06. The van der Waals surface area contributed by atoms with E-state index in [0.29, 0.717) is 5.56 Å². The van der Waals surface area contributed by atoms with Gasteiger partial charge in [-0.2, -0.15) is 5.26 Å². The lowest BCUT2D eigenvalue weighted by Gasteiger charge is -2.11. The van der Waals surface area contributed by atoms with E-state index in [1.165, 1.54) is 64.5 Å². The van der Waals surface area contributed by atoms with Gasteiger partial charge in [0.05, 0.1) is 11.6 Å². The van der Waals surface area contributed by atoms with Crippen LogP contribution in [0.15, 0.2) is 133 Å². The molecule has 220 valence electrons. The number of rotatable bonds is 4. The van der Waals surface area contributed by atoms with Crippen LogP contribution >= 0.6 is 22.7 Å². The lowest BCUT2D eigenvalue weighted by Crippen LogP contribution is -1.87. The van der Waals surface area contributed by atoms with Crippen LogP contribution in [-0.2, 0) is 0 Å². The van der Waals surface area contributed by atoms with Gasteiger partial charge in [0.25, 0.3) is 0 Å². The highest BCUT2D eigenvalue weighted by Crippen LogP contribution is 2.57. The molecule has 0 N–H and O–H groups in total. The average molecular weight is 634 g/mol. The summed E-state index contributed by atoms with van der Waals surface area (Å²) in [7, 11) is 0. The molecular weight excluding hydrogens is 607 g/mol. The molecular formula is C44H27NS2. The van der Waals surface area contributed by atoms with E-state index in [1.807, 2.05) is 34.8 Å². The Morgan fingerprint density at radius 2 is 1.09 bits per heavy atom. The summed E-state index contributed by atoms with van der Waals surface area (Å²) >= 11 is 3.82. The predicted molar refractivity (Wildman–Crippen MR) is 201 cm³/mol. The first-order valence-corrected chi connectivity index (χ1v) is 17.7. The van der Waals surface area contributed by atoms with Crippen molar-refractivity contribution in [3.63, 3.8) is 0 Å². The molecule has 0 radical (unpaired) electrons. The van der Waals surface area contributed by atoms with Crippen LogP contribution in [0.1, 0.15) is 28.3 Å². The van der Waals surface area contributed by atoms with Crippen LogP contribution < -0.4 is 0 Å². The number of hydrogen-bond acceptors (Lipinski definition) is 3. The third-order valence-electron chi connectivity index (χ3n) is 9.94. The van der Waals surface area contributed by atoms with Crippen molar-refractivity contribution in [2.75, 3.05) is 0 Å². The Morgan fingerprint density at radius 3 is 1.79 bits per heavy atom. The molecule has 0 spiro atoms. The third kappa shape index (κ3) is 4.48. The smallest absolute Gasteiger partial charge is 0.0992 e. The molecule has 2 aliphatic carbocycles. The number of benzene rings is 6. The number of hydrogen-bond donors (Lipinski definition) is 0. The van der Waals surface area contributed by atoms with Crippen LogP contribution in [0.5, 0.6) is 0 Å². The monoisotopic (exact) mass is 633 g/mol. The summed E-state index contributed by atoms with van der Waals surface area (Å²) < 4.78 is 3.99. The van der Waals surface area contributed by atoms with Gasteiger partial charge >= 0.3 is 0 Å². The molecule has 0 aliphatic heterocycles. The minimum Gasteiger partial charge on any atom is -0.192 e. The molecule has 1 saturated carbocycles. The Bertz CT molecular complexity index is 2640. The molecule has 0 amide bonds. The minimum atomic E-state index is 0.664. The second-order valence-corrected chi connectivity index (χ2v) is 15.0. The van der Waals surface area contributed by atoms with Gasteiger partial charge in [-0.05, 0) is 111 Å². The topological polar surface area (TPSA) is 23.8 Å². The maximum absolute atomic E-state index is 10.0. The van der Waals surface area contributed by atoms with Crippen molar-refractivity contribution < 1.29 is 0 Å². The zero-order valence-electron chi connectivity index (χ0n) is 25.4. The number of fused-ring (bicyclic) bond motifs is 8. The average Bonchev–Trinajstić information content (AvgIpc) is 3.70. The quantitative estimate of drug-likeness (QED) is 0.189. The maximum Gasteiger partial charge on any atom is 0.0992 e. The van der Waals surface area contributed by atoms with E-state index in [-0.39, 0.29) is 0 Å². The Balaban J connectivity index is 1.01. The highest BCUT2D eigenvalue weighted by atomic mass is 32.1. The molecule has 6 aromatic carbocycles. The van der Waals surface area contributed by atoms with Crippen molar-refractivity contribution in [1.29, 1.82) is 5.26 Å². The highest BCUT2D eigenvalue weighted by molar-refractivity contribution is 7.25. The van der Waals surface area contributed by atoms with Gasteiger partial charge < -0.3 is 0 Å². The van der Waals surface area contributed by atoms with Crippen LogP contribution in [0.2, 0.25) is 0 Å². The summed E-state index contributed by atoms with van der Waals surface area (Å²) in [6.45, 7) is 0. The Kier molecular flexibility index (Phi) is 5.94. The van der Waals surface area contributed by atoms with Crippen molar-refractivity contribution >= 4 is 59.0 Å². The first kappa shape index (κ1) is 26.9. The molecule has 47 heavy (non-hydrogen) atoms. The summed E-state index contributed by atoms with van der Waals surface area (Å²) in [5.41, 5.74) is 11.2. The first-order chi connectivity index (χ1) is 23.2. The summed E-state index contributed by atoms with van der Waals surface area (Å²) in [6, 6.07) is 48.5. The SMILES string of the molecule is N#Cc1cc(-c2cccc(-c3ccc4c5c(sc4c3)C3CC3C=C5)c2)cc(-c2cccc(-c3ccc4c(c3)sc3ccccc34)c2)c1. The fourth-order valence-corrected chi connectivity index (χ4v) is 9.97. The summed E-state index contributed by atoms with van der Waals surface area (Å²) in [5.74, 6) is 1.51. The van der Waals surface area contributed by atoms with Crippen LogP contribution in [0.4, 0.5) is 0 Å². The Labute approximate surface area is 281 Å². The van der Waals surface area contributed by atoms with Gasteiger partial charge in [0.15, 0.2) is 0 Å². The molecule has 2 aliphatic rings. The molecule has 2 aromatic heterocycles. The van der Waals surface area contributed by atoms with Gasteiger partial charge in [-0.1, -0.05) is 91.0 Å². The number of allylic oxidation sites excluding steroid dienone is 1. The van der Waals surface area contributed by atoms with E-state index in [4.69, 9.17) is 0 Å². The van der Waals surface area contributed by atoms with Gasteiger partial charge in [0, 0.05) is 41.1 Å². The van der Waals surface area contributed by atoms with Crippen molar-refractivity contribution in [2.24, 2.45) is 5.92 Å². The lowest BCUT2D eigenvalue weighted by atomic mass is 9.93. The van der Waals surface area contributed by atoms with Crippen LogP contribution in [0, 0.1) is 17.2 Å². The van der Waals surface area contributed by atoms with Crippen LogP contribution in [0.25, 0.3) is 80.8 Å². The standard InChI is InChI=1S/C44H27NS2/c45-25-26-17-34(29-7-3-5-27(19-29)31-11-14-37-36-9-1-2-10-41(36)46-42(37)23-31)21-35(18-26)30-8-4-6-28(20-30)32-12-15-38-39-16-13-33-22-40(33)44(39)47-43(38)24-32/h1-21,23-24,33,40H,22H2. The van der Waals surface area contributed by atoms with Crippen molar-refractivity contribution in [3.8, 4) is 50.6 Å². The van der Waals surface area contributed by atoms with E-state index in [9.17, 15) is 5.26 Å². The van der Waals surface area contributed by atoms with E-state index >= 15 is 0 Å². The zero-order valence-corrected chi connectivity index (χ0v) is 27.0. The van der Waals surface area contributed by atoms with Gasteiger partial charge in [-0.15, -0.1) is 22.7 Å². The molecule has 8 aromatic rings. The number of nitrogens with zero attached hydrogens (tertiary/aromatic N) is 1. The molecule has 1 nitrogen and oxygen atoms in total. The largest absolute Gasteiger partial charge is 0.192 e. The van der Waals surface area contributed by atoms with Crippen LogP contribution in [-0.4, -0.2) is 0 Å². The lowest BCUT2D eigenvalue weighted by molar-refractivity contribution is 1.02. The molecule has 1 fully saturated rings. The molecule has 0 bridgehead atoms. The van der Waals surface area contributed by atoms with E-state index in [1.54, 1.807) is 4.88 Å². The number of nitriles is 1. The minimum absolute atomic E-state index is 0.664. The molecule has 2 heterocycles. The Morgan fingerprint density at radius 1 is 0.511 bits per heavy atom. The van der Waals surface area contributed by atoms with Gasteiger partial charge in [0.1, 0.15) is 0 Å². The third-order valence-corrected chi connectivity index (χ3v) is 12.4. The fourth-order valence-electron chi connectivity index (χ4n) is 7.40. The maximum atomic E-state index is 10.0. The first-order valence-electron chi connectivity index (χ1n) is 16.1. The van der Waals surface area contributed by atoms with Crippen molar-refractivity contribution in [2.45, 2.75) is 12.3 Å². The molecule has 0 saturated heterocycles. The number of thiophene rings is 2. The van der Waals surface area contributed by atoms with E-state index in [0.717, 1.165) is 34.1 Å². The summed E-state index contributed by atoms with van der Waals surface area (Å²) in [4.78, 5) is 1.57. The van der Waals surface area contributed by atoms with Gasteiger partial charge in [-0.25, -0.2) is 0 Å². The molecule has 2 atom stereocenters. The van der Waals surface area contributed by atoms with E-state index < -0.39 is 0 Å². The summed E-state index contributed by atoms with van der Waals surface area (Å²) in [5, 5.41) is 14.0. The van der Waals surface area contributed by atoms with Gasteiger partial charge in [0.2, 0.25) is 0 Å². The van der Waals surface area contributed by atoms with Crippen LogP contribution in [0.3, 0.4) is 0 Å². The predicted octanol–water partition coefficient (Wildman–Crippen LogP) is 12.9. The van der Waals surface area contributed by atoms with E-state index in [2.05, 4.69) is 133 Å². The fraction of sp³-hybridized carbons (Fsp3) is 0.0682. The molecule has 2 unspecified atom stereocenters.